The number of halogens is 1. The van der Waals surface area contributed by atoms with Gasteiger partial charge in [-0.25, -0.2) is 9.78 Å². The fourth-order valence-electron chi connectivity index (χ4n) is 4.65. The number of urea groups is 1. The molecule has 0 bridgehead atoms. The molecule has 0 radical (unpaired) electrons. The quantitative estimate of drug-likeness (QED) is 0.503. The molecule has 1 saturated heterocycles. The normalized spacial score (nSPS) is 17.3. The number of rotatable bonds is 4. The second-order valence-electron chi connectivity index (χ2n) is 9.11. The van der Waals surface area contributed by atoms with Crippen molar-refractivity contribution in [2.24, 2.45) is 0 Å². The highest BCUT2D eigenvalue weighted by atomic mass is 35.5. The molecule has 8 heteroatoms. The van der Waals surface area contributed by atoms with Gasteiger partial charge in [-0.2, -0.15) is 0 Å². The Balaban J connectivity index is 1.26. The lowest BCUT2D eigenvalue weighted by Gasteiger charge is -2.32. The average molecular weight is 506 g/mol. The summed E-state index contributed by atoms with van der Waals surface area (Å²) in [5.41, 5.74) is 4.75. The third kappa shape index (κ3) is 4.87. The van der Waals surface area contributed by atoms with Crippen LogP contribution in [0.3, 0.4) is 0 Å². The van der Waals surface area contributed by atoms with Crippen molar-refractivity contribution in [2.75, 3.05) is 42.9 Å². The van der Waals surface area contributed by atoms with Crippen molar-refractivity contribution >= 4 is 39.8 Å². The SMILES string of the molecule is C#CC(C)(c1ccc(Cl)cc1)c1csc(NC(=O)N2CCc3cc(N4CCNCC4)ccc3C2)n1. The summed E-state index contributed by atoms with van der Waals surface area (Å²) in [6.07, 6.45) is 6.76. The Labute approximate surface area is 215 Å². The van der Waals surface area contributed by atoms with E-state index in [1.807, 2.05) is 41.5 Å². The molecular formula is C27H28ClN5OS. The summed E-state index contributed by atoms with van der Waals surface area (Å²) in [5.74, 6) is 2.87. The lowest BCUT2D eigenvalue weighted by molar-refractivity contribution is 0.206. The predicted octanol–water partition coefficient (Wildman–Crippen LogP) is 4.74. The predicted molar refractivity (Wildman–Crippen MR) is 144 cm³/mol. The summed E-state index contributed by atoms with van der Waals surface area (Å²) in [5, 5.41) is 9.48. The van der Waals surface area contributed by atoms with Crippen LogP contribution in [0.15, 0.2) is 47.8 Å². The zero-order valence-corrected chi connectivity index (χ0v) is 21.3. The maximum atomic E-state index is 13.0. The molecule has 1 atom stereocenters. The van der Waals surface area contributed by atoms with E-state index in [0.29, 0.717) is 23.2 Å². The molecular weight excluding hydrogens is 478 g/mol. The van der Waals surface area contributed by atoms with E-state index in [9.17, 15) is 4.79 Å². The molecule has 2 N–H and O–H groups in total. The van der Waals surface area contributed by atoms with Gasteiger partial charge in [0.15, 0.2) is 5.13 Å². The van der Waals surface area contributed by atoms with E-state index >= 15 is 0 Å². The number of amides is 2. The highest BCUT2D eigenvalue weighted by molar-refractivity contribution is 7.14. The lowest BCUT2D eigenvalue weighted by atomic mass is 9.81. The van der Waals surface area contributed by atoms with Gasteiger partial charge in [0.2, 0.25) is 0 Å². The smallest absolute Gasteiger partial charge is 0.323 e. The standard InChI is InChI=1S/C27H28ClN5OS/c1-3-27(2,21-5-7-22(28)8-6-21)24-18-35-25(30-24)31-26(34)33-13-10-19-16-23(9-4-20(19)17-33)32-14-11-29-12-15-32/h1,4-9,16,18,29H,10-15,17H2,2H3,(H,30,31,34). The average Bonchev–Trinajstić information content (AvgIpc) is 3.37. The van der Waals surface area contributed by atoms with Crippen LogP contribution in [0, 0.1) is 12.3 Å². The lowest BCUT2D eigenvalue weighted by Crippen LogP contribution is -2.43. The number of aromatic nitrogens is 1. The van der Waals surface area contributed by atoms with Crippen LogP contribution in [0.1, 0.15) is 29.3 Å². The Bertz CT molecular complexity index is 1260. The summed E-state index contributed by atoms with van der Waals surface area (Å²) >= 11 is 7.42. The zero-order chi connectivity index (χ0) is 24.4. The van der Waals surface area contributed by atoms with E-state index < -0.39 is 5.41 Å². The number of carbonyl (C=O) groups excluding carboxylic acids is 1. The molecule has 6 nitrogen and oxygen atoms in total. The number of hydrogen-bond donors (Lipinski definition) is 2. The number of benzene rings is 2. The van der Waals surface area contributed by atoms with Gasteiger partial charge in [-0.15, -0.1) is 17.8 Å². The number of terminal acetylenes is 1. The molecule has 1 unspecified atom stereocenters. The van der Waals surface area contributed by atoms with Crippen LogP contribution in [-0.2, 0) is 18.4 Å². The molecule has 1 aromatic heterocycles. The highest BCUT2D eigenvalue weighted by Gasteiger charge is 2.30. The molecule has 5 rings (SSSR count). The third-order valence-corrected chi connectivity index (χ3v) is 7.92. The first-order valence-corrected chi connectivity index (χ1v) is 13.1. The number of hydrogen-bond acceptors (Lipinski definition) is 5. The summed E-state index contributed by atoms with van der Waals surface area (Å²) in [6.45, 7) is 7.31. The molecule has 3 heterocycles. The van der Waals surface area contributed by atoms with Crippen LogP contribution in [0.4, 0.5) is 15.6 Å². The fourth-order valence-corrected chi connectivity index (χ4v) is 5.59. The molecule has 2 aromatic carbocycles. The van der Waals surface area contributed by atoms with Gasteiger partial charge in [-0.1, -0.05) is 35.7 Å². The van der Waals surface area contributed by atoms with Crippen molar-refractivity contribution in [2.45, 2.75) is 25.3 Å². The van der Waals surface area contributed by atoms with Crippen molar-refractivity contribution in [3.05, 3.63) is 75.3 Å². The first kappa shape index (κ1) is 23.7. The van der Waals surface area contributed by atoms with Gasteiger partial charge in [0.1, 0.15) is 0 Å². The van der Waals surface area contributed by atoms with Gasteiger partial charge in [-0.05, 0) is 54.3 Å². The second kappa shape index (κ2) is 9.90. The summed E-state index contributed by atoms with van der Waals surface area (Å²) < 4.78 is 0. The zero-order valence-electron chi connectivity index (χ0n) is 19.7. The number of nitrogens with zero attached hydrogens (tertiary/aromatic N) is 3. The summed E-state index contributed by atoms with van der Waals surface area (Å²) in [7, 11) is 0. The molecule has 2 amide bonds. The number of piperazine rings is 1. The Kier molecular flexibility index (Phi) is 6.70. The first-order valence-electron chi connectivity index (χ1n) is 11.8. The highest BCUT2D eigenvalue weighted by Crippen LogP contribution is 2.34. The minimum atomic E-state index is -0.712. The van der Waals surface area contributed by atoms with Gasteiger partial charge in [0.25, 0.3) is 0 Å². The third-order valence-electron chi connectivity index (χ3n) is 6.91. The first-order chi connectivity index (χ1) is 17.0. The molecule has 3 aromatic rings. The van der Waals surface area contributed by atoms with Crippen molar-refractivity contribution in [1.82, 2.24) is 15.2 Å². The maximum Gasteiger partial charge on any atom is 0.323 e. The van der Waals surface area contributed by atoms with Gasteiger partial charge in [0, 0.05) is 55.4 Å². The van der Waals surface area contributed by atoms with E-state index in [0.717, 1.165) is 43.9 Å². The van der Waals surface area contributed by atoms with Gasteiger partial charge >= 0.3 is 6.03 Å². The number of thiazole rings is 1. The van der Waals surface area contributed by atoms with E-state index in [1.165, 1.54) is 28.2 Å². The van der Waals surface area contributed by atoms with Crippen LogP contribution < -0.4 is 15.5 Å². The van der Waals surface area contributed by atoms with E-state index in [1.54, 1.807) is 0 Å². The maximum absolute atomic E-state index is 13.0. The van der Waals surface area contributed by atoms with Gasteiger partial charge in [0.05, 0.1) is 11.1 Å². The van der Waals surface area contributed by atoms with Crippen LogP contribution in [-0.4, -0.2) is 48.6 Å². The monoisotopic (exact) mass is 505 g/mol. The van der Waals surface area contributed by atoms with Crippen molar-refractivity contribution < 1.29 is 4.79 Å². The number of carbonyl (C=O) groups is 1. The molecule has 2 aliphatic rings. The van der Waals surface area contributed by atoms with Crippen molar-refractivity contribution in [1.29, 1.82) is 0 Å². The number of anilines is 2. The molecule has 2 aliphatic heterocycles. The number of fused-ring (bicyclic) bond motifs is 1. The Morgan fingerprint density at radius 3 is 2.69 bits per heavy atom. The number of nitrogens with one attached hydrogen (secondary N) is 2. The molecule has 0 spiro atoms. The van der Waals surface area contributed by atoms with Crippen LogP contribution in [0.2, 0.25) is 5.02 Å². The van der Waals surface area contributed by atoms with Gasteiger partial charge in [-0.3, -0.25) is 5.32 Å². The molecule has 0 saturated carbocycles. The van der Waals surface area contributed by atoms with E-state index in [2.05, 4.69) is 44.6 Å². The topological polar surface area (TPSA) is 60.5 Å². The second-order valence-corrected chi connectivity index (χ2v) is 10.4. The Morgan fingerprint density at radius 2 is 1.94 bits per heavy atom. The van der Waals surface area contributed by atoms with Crippen LogP contribution >= 0.6 is 22.9 Å². The summed E-state index contributed by atoms with van der Waals surface area (Å²) in [6, 6.07) is 14.0. The molecule has 35 heavy (non-hydrogen) atoms. The summed E-state index contributed by atoms with van der Waals surface area (Å²) in [4.78, 5) is 22.0. The Hall–Kier alpha value is -3.05. The van der Waals surface area contributed by atoms with Crippen molar-refractivity contribution in [3.8, 4) is 12.3 Å². The largest absolute Gasteiger partial charge is 0.369 e. The van der Waals surface area contributed by atoms with E-state index in [-0.39, 0.29) is 6.03 Å². The minimum absolute atomic E-state index is 0.142. The van der Waals surface area contributed by atoms with Crippen LogP contribution in [0.25, 0.3) is 0 Å². The minimum Gasteiger partial charge on any atom is -0.369 e. The van der Waals surface area contributed by atoms with Crippen molar-refractivity contribution in [3.63, 3.8) is 0 Å². The molecule has 0 aliphatic carbocycles. The van der Waals surface area contributed by atoms with Crippen LogP contribution in [0.5, 0.6) is 0 Å². The Morgan fingerprint density at radius 1 is 1.17 bits per heavy atom. The molecule has 1 fully saturated rings. The molecule has 180 valence electrons. The van der Waals surface area contributed by atoms with Gasteiger partial charge < -0.3 is 15.1 Å². The van der Waals surface area contributed by atoms with E-state index in [4.69, 9.17) is 18.0 Å². The fraction of sp³-hybridized carbons (Fsp3) is 0.333.